The molecular formula is C53H54N6O7. The maximum Gasteiger partial charge on any atom is 0.305 e. The molecule has 0 saturated carbocycles. The van der Waals surface area contributed by atoms with Crippen LogP contribution in [0.15, 0.2) is 155 Å². The van der Waals surface area contributed by atoms with Gasteiger partial charge in [0.1, 0.15) is 18.1 Å². The predicted molar refractivity (Wildman–Crippen MR) is 256 cm³/mol. The number of hydrogen-bond acceptors (Lipinski definition) is 12. The maximum absolute atomic E-state index is 13.9. The van der Waals surface area contributed by atoms with E-state index in [1.807, 2.05) is 43.4 Å². The Hall–Kier alpha value is -6.86. The highest BCUT2D eigenvalue weighted by atomic mass is 16.6. The molecule has 7 heterocycles. The van der Waals surface area contributed by atoms with Crippen LogP contribution >= 0.6 is 0 Å². The molecule has 8 bridgehead atoms. The fraction of sp³-hybridized carbons (Fsp3) is 0.358. The molecule has 2 aromatic carbocycles. The molecule has 3 atom stereocenters. The first kappa shape index (κ1) is 43.1. The van der Waals surface area contributed by atoms with Gasteiger partial charge in [-0.15, -0.1) is 0 Å². The molecule has 7 aliphatic heterocycles. The number of para-hydroxylation sites is 1. The highest BCUT2D eigenvalue weighted by Crippen LogP contribution is 2.55. The molecule has 1 aliphatic carbocycles. The first-order chi connectivity index (χ1) is 31.6. The van der Waals surface area contributed by atoms with Crippen LogP contribution in [0.2, 0.25) is 0 Å². The molecule has 1 unspecified atom stereocenters. The zero-order valence-electron chi connectivity index (χ0n) is 38.7. The van der Waals surface area contributed by atoms with Crippen molar-refractivity contribution in [2.75, 3.05) is 31.8 Å². The Morgan fingerprint density at radius 2 is 1.76 bits per heavy atom. The third-order valence-electron chi connectivity index (χ3n) is 14.8. The van der Waals surface area contributed by atoms with Crippen LogP contribution in [-0.2, 0) is 19.7 Å². The molecule has 13 nitrogen and oxygen atoms in total. The number of ether oxygens (including phenoxy) is 3. The molecule has 2 aromatic rings. The smallest absolute Gasteiger partial charge is 0.305 e. The molecule has 1 saturated heterocycles. The van der Waals surface area contributed by atoms with Gasteiger partial charge in [-0.3, -0.25) is 14.9 Å². The van der Waals surface area contributed by atoms with Gasteiger partial charge in [0, 0.05) is 83.3 Å². The molecule has 0 radical (unpaired) electrons. The summed E-state index contributed by atoms with van der Waals surface area (Å²) in [5.41, 5.74) is 14.9. The lowest BCUT2D eigenvalue weighted by Gasteiger charge is -2.47. The normalized spacial score (nSPS) is 24.3. The molecule has 8 aliphatic rings. The number of benzene rings is 2. The number of nitrogens with one attached hydrogen (secondary N) is 1. The van der Waals surface area contributed by atoms with Crippen molar-refractivity contribution < 1.29 is 29.0 Å². The lowest BCUT2D eigenvalue weighted by atomic mass is 9.76. The summed E-state index contributed by atoms with van der Waals surface area (Å²) < 4.78 is 18.6. The summed E-state index contributed by atoms with van der Waals surface area (Å²) in [6, 6.07) is 12.8. The number of aliphatic hydroxyl groups is 1. The summed E-state index contributed by atoms with van der Waals surface area (Å²) in [6.07, 6.45) is 11.9. The van der Waals surface area contributed by atoms with Gasteiger partial charge in [0.15, 0.2) is 0 Å². The van der Waals surface area contributed by atoms with E-state index < -0.39 is 16.1 Å². The van der Waals surface area contributed by atoms with Crippen molar-refractivity contribution in [3.63, 3.8) is 0 Å². The van der Waals surface area contributed by atoms with Gasteiger partial charge in [-0.25, -0.2) is 15.0 Å². The van der Waals surface area contributed by atoms with Gasteiger partial charge >= 0.3 is 5.97 Å². The highest BCUT2D eigenvalue weighted by molar-refractivity contribution is 6.21. The third-order valence-corrected chi connectivity index (χ3v) is 14.8. The molecule has 1 spiro atoms. The van der Waals surface area contributed by atoms with Gasteiger partial charge in [-0.05, 0) is 118 Å². The fourth-order valence-electron chi connectivity index (χ4n) is 11.1. The Bertz CT molecular complexity index is 2960. The first-order valence-electron chi connectivity index (χ1n) is 22.8. The lowest BCUT2D eigenvalue weighted by molar-refractivity contribution is -0.384. The summed E-state index contributed by atoms with van der Waals surface area (Å²) >= 11 is 0. The van der Waals surface area contributed by atoms with Crippen LogP contribution in [0.4, 0.5) is 11.4 Å². The number of rotatable bonds is 10. The van der Waals surface area contributed by atoms with Crippen molar-refractivity contribution in [2.24, 2.45) is 26.8 Å². The predicted octanol–water partition coefficient (Wildman–Crippen LogP) is 10.1. The fourth-order valence-corrected chi connectivity index (χ4v) is 11.1. The Morgan fingerprint density at radius 3 is 2.52 bits per heavy atom. The molecule has 10 rings (SSSR count). The van der Waals surface area contributed by atoms with Gasteiger partial charge in [-0.1, -0.05) is 32.0 Å². The van der Waals surface area contributed by atoms with Crippen molar-refractivity contribution in [3.8, 4) is 5.75 Å². The largest absolute Gasteiger partial charge is 0.511 e. The summed E-state index contributed by atoms with van der Waals surface area (Å²) in [5, 5.41) is 26.9. The number of methoxy groups -OCH3 is 1. The summed E-state index contributed by atoms with van der Waals surface area (Å²) in [5.74, 6) is 0.364. The Kier molecular flexibility index (Phi) is 10.4. The van der Waals surface area contributed by atoms with E-state index in [-0.39, 0.29) is 42.3 Å². The second kappa shape index (κ2) is 15.9. The van der Waals surface area contributed by atoms with E-state index in [0.717, 1.165) is 102 Å². The van der Waals surface area contributed by atoms with Gasteiger partial charge in [-0.2, -0.15) is 0 Å². The van der Waals surface area contributed by atoms with Crippen LogP contribution in [-0.4, -0.2) is 65.7 Å². The van der Waals surface area contributed by atoms with E-state index in [9.17, 15) is 20.0 Å². The molecule has 2 N–H and O–H groups in total. The van der Waals surface area contributed by atoms with Crippen LogP contribution in [0.25, 0.3) is 6.08 Å². The lowest BCUT2D eigenvalue weighted by Crippen LogP contribution is -2.60. The van der Waals surface area contributed by atoms with E-state index in [2.05, 4.69) is 70.0 Å². The van der Waals surface area contributed by atoms with E-state index in [1.54, 1.807) is 13.2 Å². The number of fused-ring (bicyclic) bond motifs is 7. The van der Waals surface area contributed by atoms with Crippen molar-refractivity contribution in [1.29, 1.82) is 0 Å². The second-order valence-corrected chi connectivity index (χ2v) is 18.7. The molecule has 13 heteroatoms. The first-order valence-corrected chi connectivity index (χ1v) is 22.8. The molecule has 0 aromatic heterocycles. The monoisotopic (exact) mass is 886 g/mol. The second-order valence-electron chi connectivity index (χ2n) is 18.7. The Labute approximate surface area is 384 Å². The number of carbonyl (C=O) groups excluding carboxylic acids is 1. The third kappa shape index (κ3) is 6.60. The molecule has 1 fully saturated rings. The number of carbonyl (C=O) groups is 1. The number of nitro benzene ring substituents is 1. The number of esters is 1. The highest BCUT2D eigenvalue weighted by Gasteiger charge is 2.59. The summed E-state index contributed by atoms with van der Waals surface area (Å²) in [4.78, 5) is 42.6. The van der Waals surface area contributed by atoms with Crippen molar-refractivity contribution in [2.45, 2.75) is 85.3 Å². The molecule has 338 valence electrons. The topological polar surface area (TPSA) is 160 Å². The summed E-state index contributed by atoms with van der Waals surface area (Å²) in [7, 11) is 1.70. The number of aliphatic hydroxyl groups excluding tert-OH is 1. The van der Waals surface area contributed by atoms with Crippen LogP contribution < -0.4 is 15.0 Å². The van der Waals surface area contributed by atoms with Gasteiger partial charge < -0.3 is 29.5 Å². The Morgan fingerprint density at radius 1 is 1.02 bits per heavy atom. The van der Waals surface area contributed by atoms with E-state index >= 15 is 0 Å². The van der Waals surface area contributed by atoms with Crippen LogP contribution in [0, 0.1) is 22.0 Å². The quantitative estimate of drug-likeness (QED) is 0.134. The van der Waals surface area contributed by atoms with Crippen LogP contribution in [0.1, 0.15) is 85.3 Å². The van der Waals surface area contributed by atoms with Crippen molar-refractivity contribution in [3.05, 3.63) is 161 Å². The van der Waals surface area contributed by atoms with E-state index in [4.69, 9.17) is 29.2 Å². The number of hydrogen-bond donors (Lipinski definition) is 2. The minimum absolute atomic E-state index is 0.00632. The number of allylic oxidation sites excluding steroid dienone is 11. The van der Waals surface area contributed by atoms with Gasteiger partial charge in [0.2, 0.25) is 5.72 Å². The van der Waals surface area contributed by atoms with Crippen LogP contribution in [0.5, 0.6) is 5.75 Å². The number of aliphatic imine (C=N–C) groups is 3. The van der Waals surface area contributed by atoms with Crippen molar-refractivity contribution in [1.82, 2.24) is 5.32 Å². The average molecular weight is 887 g/mol. The number of nitrogens with zero attached hydrogens (tertiary/aromatic N) is 5. The zero-order chi connectivity index (χ0) is 46.4. The standard InChI is InChI=1S/C53H54N6O7/c1-9-34-28(2)40-25-44-37(27-64-8)30(4)39(55-44)24-41-29(3)35(50(56-41)36-23-46(60)49-31(5)42(57-51(36)49)26-43(34)54-40)15-17-48(61)65-21-20-58-45-13-11-10-12-38(45)52(6,7)53(58)19-18-32-22-33(59(62)63)14-16-47(32)66-53/h10-14,16,18-19,22,24-26,29,35,56,60H,9,15,17,20-21,23,27H2,1-8H3/t29-,35-,53?/m0/s1. The van der Waals surface area contributed by atoms with Crippen molar-refractivity contribution >= 4 is 40.6 Å². The number of nitro groups is 1. The van der Waals surface area contributed by atoms with Crippen LogP contribution in [0.3, 0.4) is 0 Å². The van der Waals surface area contributed by atoms with Gasteiger partial charge in [0.05, 0.1) is 57.7 Å². The van der Waals surface area contributed by atoms with Gasteiger partial charge in [0.25, 0.3) is 5.69 Å². The number of anilines is 1. The summed E-state index contributed by atoms with van der Waals surface area (Å²) in [6.45, 7) is 15.6. The Balaban J connectivity index is 0.936. The molecule has 0 amide bonds. The minimum Gasteiger partial charge on any atom is -0.511 e. The number of non-ortho nitro benzene ring substituents is 1. The minimum atomic E-state index is -0.982. The van der Waals surface area contributed by atoms with E-state index in [0.29, 0.717) is 37.3 Å². The zero-order valence-corrected chi connectivity index (χ0v) is 38.7. The molecular weight excluding hydrogens is 833 g/mol. The SMILES string of the molecule is CCC1=C(C)C2=NC1=CC1=C(C)C3=C(O)CC(=C4NC(=CC5=NC(=C2)C(COC)=C5C)[C@@H](C)[C@@H]4CCC(=O)OCCN2c4ccccc4C(C)(C)C24C=Cc2cc([N+](=O)[O-])ccc2O4)C3=N1. The average Bonchev–Trinajstić information content (AvgIpc) is 4.08. The molecule has 66 heavy (non-hydrogen) atoms. The van der Waals surface area contributed by atoms with E-state index in [1.165, 1.54) is 12.1 Å². The maximum atomic E-state index is 13.9.